The maximum atomic E-state index is 10.9. The first-order valence-electron chi connectivity index (χ1n) is 12.3. The fourth-order valence-electron chi connectivity index (χ4n) is 3.48. The van der Waals surface area contributed by atoms with E-state index in [4.69, 9.17) is 28.2 Å². The summed E-state index contributed by atoms with van der Waals surface area (Å²) in [6, 6.07) is 14.7. The van der Waals surface area contributed by atoms with Gasteiger partial charge in [-0.25, -0.2) is 9.35 Å². The zero-order valence-electron chi connectivity index (χ0n) is 21.9. The number of carbonyl (C=O) groups excluding carboxylic acids is 2. The zero-order chi connectivity index (χ0) is 27.9. The molecule has 2 aromatic rings. The van der Waals surface area contributed by atoms with Gasteiger partial charge in [-0.3, -0.25) is 4.99 Å². The van der Waals surface area contributed by atoms with Gasteiger partial charge in [0, 0.05) is 31.5 Å². The molecule has 37 heavy (non-hydrogen) atoms. The molecule has 1 aliphatic carbocycles. The first kappa shape index (κ1) is 34.4. The third-order valence-electron chi connectivity index (χ3n) is 5.42. The fraction of sp³-hybridized carbons (Fsp3) is 0.444. The molecular formula is C27H42ClN5O3S. The summed E-state index contributed by atoms with van der Waals surface area (Å²) in [5.74, 6) is 1.00. The lowest BCUT2D eigenvalue weighted by Gasteiger charge is -2.19. The molecule has 1 fully saturated rings. The monoisotopic (exact) mass is 551 g/mol. The highest BCUT2D eigenvalue weighted by atomic mass is 35.5. The number of carbonyl (C=O) groups is 2. The van der Waals surface area contributed by atoms with Crippen LogP contribution in [0.2, 0.25) is 5.02 Å². The molecule has 1 atom stereocenters. The van der Waals surface area contributed by atoms with Gasteiger partial charge in [0.05, 0.1) is 4.90 Å². The Morgan fingerprint density at radius 2 is 1.68 bits per heavy atom. The Bertz CT molecular complexity index is 932. The maximum absolute atomic E-state index is 10.9. The first-order valence-corrected chi connectivity index (χ1v) is 13.9. The van der Waals surface area contributed by atoms with E-state index < -0.39 is 11.0 Å². The van der Waals surface area contributed by atoms with Crippen molar-refractivity contribution in [1.29, 1.82) is 0 Å². The molecule has 1 aliphatic rings. The van der Waals surface area contributed by atoms with Gasteiger partial charge < -0.3 is 26.4 Å². The molecule has 7 N–H and O–H groups in total. The summed E-state index contributed by atoms with van der Waals surface area (Å²) in [5.41, 5.74) is 11.7. The molecule has 0 saturated heterocycles. The highest BCUT2D eigenvalue weighted by molar-refractivity contribution is 7.82. The van der Waals surface area contributed by atoms with E-state index in [9.17, 15) is 13.8 Å². The highest BCUT2D eigenvalue weighted by Gasteiger charge is 2.11. The second-order valence-electron chi connectivity index (χ2n) is 8.37. The second kappa shape index (κ2) is 22.6. The molecule has 0 amide bonds. The number of nitrogens with two attached hydrogens (primary N) is 3. The van der Waals surface area contributed by atoms with Crippen LogP contribution in [0.1, 0.15) is 56.1 Å². The molecule has 1 unspecified atom stereocenters. The zero-order valence-corrected chi connectivity index (χ0v) is 23.5. The number of aliphatic imine (C=N–C) groups is 1. The normalized spacial score (nSPS) is 13.2. The fourth-order valence-corrected chi connectivity index (χ4v) is 4.09. The summed E-state index contributed by atoms with van der Waals surface area (Å²) in [4.78, 5) is 24.1. The number of benzene rings is 2. The van der Waals surface area contributed by atoms with Crippen LogP contribution in [0.5, 0.6) is 0 Å². The lowest BCUT2D eigenvalue weighted by atomic mass is 9.86. The Morgan fingerprint density at radius 3 is 2.16 bits per heavy atom. The average Bonchev–Trinajstić information content (AvgIpc) is 2.91. The minimum Gasteiger partial charge on any atom is -0.370 e. The SMILES string of the molecule is CN=C(N)N.CNCc1cccc(S(N)=O)c1.O=CCCC1CCCCC1.O=CCc1ccc(Cl)cc1. The standard InChI is InChI=1S/C9H16O.C8H7ClO.C8H12N2OS.C2H7N3/c10-8-4-7-9-5-2-1-3-6-9;9-8-3-1-7(2-4-8)5-6-10;1-10-6-7-3-2-4-8(5-7)12(9)11;1-5-2(3)4/h8-9H,1-7H2;1-4,6H,5H2;2-5,10H,6,9H2,1H3;1H3,(H4,3,4,5). The molecule has 0 aliphatic heterocycles. The van der Waals surface area contributed by atoms with E-state index in [0.29, 0.717) is 16.3 Å². The lowest BCUT2D eigenvalue weighted by Crippen LogP contribution is -2.21. The van der Waals surface area contributed by atoms with Crippen molar-refractivity contribution in [2.45, 2.75) is 62.8 Å². The molecule has 0 radical (unpaired) electrons. The van der Waals surface area contributed by atoms with Crippen LogP contribution in [0, 0.1) is 5.92 Å². The van der Waals surface area contributed by atoms with Crippen LogP contribution in [0.3, 0.4) is 0 Å². The van der Waals surface area contributed by atoms with Crippen molar-refractivity contribution in [2.75, 3.05) is 14.1 Å². The minimum absolute atomic E-state index is 0.130. The Kier molecular flexibility index (Phi) is 21.0. The van der Waals surface area contributed by atoms with Crippen molar-refractivity contribution in [3.63, 3.8) is 0 Å². The Morgan fingerprint density at radius 1 is 1.05 bits per heavy atom. The number of aldehydes is 2. The van der Waals surface area contributed by atoms with Gasteiger partial charge in [0.15, 0.2) is 5.96 Å². The summed E-state index contributed by atoms with van der Waals surface area (Å²) in [6.45, 7) is 0.769. The van der Waals surface area contributed by atoms with Gasteiger partial charge in [-0.2, -0.15) is 0 Å². The van der Waals surface area contributed by atoms with E-state index in [-0.39, 0.29) is 5.96 Å². The van der Waals surface area contributed by atoms with Crippen LogP contribution >= 0.6 is 11.6 Å². The molecule has 0 spiro atoms. The Labute approximate surface area is 229 Å². The molecule has 0 aromatic heterocycles. The molecule has 10 heteroatoms. The topological polar surface area (TPSA) is 154 Å². The van der Waals surface area contributed by atoms with Crippen molar-refractivity contribution in [3.8, 4) is 0 Å². The molecule has 206 valence electrons. The highest BCUT2D eigenvalue weighted by Crippen LogP contribution is 2.26. The van der Waals surface area contributed by atoms with Crippen LogP contribution in [0.4, 0.5) is 0 Å². The largest absolute Gasteiger partial charge is 0.370 e. The average molecular weight is 552 g/mol. The third kappa shape index (κ3) is 19.2. The predicted octanol–water partition coefficient (Wildman–Crippen LogP) is 3.90. The number of guanidine groups is 1. The van der Waals surface area contributed by atoms with E-state index in [1.165, 1.54) is 39.2 Å². The van der Waals surface area contributed by atoms with Gasteiger partial charge in [-0.05, 0) is 54.8 Å². The van der Waals surface area contributed by atoms with Gasteiger partial charge >= 0.3 is 0 Å². The number of hydrogen-bond acceptors (Lipinski definition) is 5. The third-order valence-corrected chi connectivity index (χ3v) is 6.39. The van der Waals surface area contributed by atoms with Crippen LogP contribution in [-0.2, 0) is 33.5 Å². The number of nitrogens with zero attached hydrogens (tertiary/aromatic N) is 1. The quantitative estimate of drug-likeness (QED) is 0.221. The molecular weight excluding hydrogens is 510 g/mol. The van der Waals surface area contributed by atoms with E-state index >= 15 is 0 Å². The molecule has 0 bridgehead atoms. The lowest BCUT2D eigenvalue weighted by molar-refractivity contribution is -0.108. The van der Waals surface area contributed by atoms with Gasteiger partial charge in [0.25, 0.3) is 0 Å². The number of hydrogen-bond donors (Lipinski definition) is 4. The number of rotatable bonds is 8. The van der Waals surface area contributed by atoms with Crippen molar-refractivity contribution >= 4 is 41.1 Å². The second-order valence-corrected chi connectivity index (χ2v) is 9.87. The van der Waals surface area contributed by atoms with Crippen LogP contribution in [-0.4, -0.2) is 36.8 Å². The number of nitrogens with one attached hydrogen (secondary N) is 1. The van der Waals surface area contributed by atoms with Gasteiger partial charge in [0.2, 0.25) is 0 Å². The smallest absolute Gasteiger partial charge is 0.185 e. The van der Waals surface area contributed by atoms with Crippen molar-refractivity contribution in [3.05, 3.63) is 64.7 Å². The van der Waals surface area contributed by atoms with Crippen molar-refractivity contribution in [1.82, 2.24) is 5.32 Å². The Hall–Kier alpha value is -2.59. The van der Waals surface area contributed by atoms with Gasteiger partial charge in [-0.15, -0.1) is 0 Å². The summed E-state index contributed by atoms with van der Waals surface area (Å²) >= 11 is 5.62. The maximum Gasteiger partial charge on any atom is 0.185 e. The van der Waals surface area contributed by atoms with Crippen LogP contribution < -0.4 is 21.9 Å². The predicted molar refractivity (Wildman–Crippen MR) is 155 cm³/mol. The van der Waals surface area contributed by atoms with E-state index in [1.54, 1.807) is 18.2 Å². The first-order chi connectivity index (χ1) is 17.8. The summed E-state index contributed by atoms with van der Waals surface area (Å²) in [7, 11) is 2.03. The summed E-state index contributed by atoms with van der Waals surface area (Å²) in [6.07, 6.45) is 11.3. The Balaban J connectivity index is 0.000000484. The summed E-state index contributed by atoms with van der Waals surface area (Å²) < 4.78 is 10.9. The molecule has 0 heterocycles. The molecule has 8 nitrogen and oxygen atoms in total. The van der Waals surface area contributed by atoms with Gasteiger partial charge in [-0.1, -0.05) is 68.0 Å². The number of halogens is 1. The van der Waals surface area contributed by atoms with Gasteiger partial charge in [0.1, 0.15) is 23.6 Å². The summed E-state index contributed by atoms with van der Waals surface area (Å²) in [5, 5.41) is 8.94. The molecule has 1 saturated carbocycles. The molecule has 2 aromatic carbocycles. The minimum atomic E-state index is -1.37. The molecule has 3 rings (SSSR count). The van der Waals surface area contributed by atoms with Crippen molar-refractivity contribution < 1.29 is 13.8 Å². The van der Waals surface area contributed by atoms with Crippen LogP contribution in [0.15, 0.2) is 58.4 Å². The van der Waals surface area contributed by atoms with E-state index in [1.807, 2.05) is 37.4 Å². The van der Waals surface area contributed by atoms with Crippen molar-refractivity contribution in [2.24, 2.45) is 27.5 Å². The van der Waals surface area contributed by atoms with E-state index in [2.05, 4.69) is 10.3 Å². The van der Waals surface area contributed by atoms with Crippen LogP contribution in [0.25, 0.3) is 0 Å². The van der Waals surface area contributed by atoms with E-state index in [0.717, 1.165) is 49.0 Å².